The summed E-state index contributed by atoms with van der Waals surface area (Å²) in [6.45, 7) is 0. The van der Waals surface area contributed by atoms with Crippen LogP contribution >= 0.6 is 0 Å². The van der Waals surface area contributed by atoms with Crippen molar-refractivity contribution >= 4 is 17.2 Å². The summed E-state index contributed by atoms with van der Waals surface area (Å²) >= 11 is 0. The van der Waals surface area contributed by atoms with Crippen molar-refractivity contribution in [1.29, 1.82) is 0 Å². The van der Waals surface area contributed by atoms with Crippen molar-refractivity contribution in [3.05, 3.63) is 23.8 Å². The van der Waals surface area contributed by atoms with Crippen LogP contribution in [-0.4, -0.2) is 46.1 Å². The molecule has 21 heavy (non-hydrogen) atoms. The summed E-state index contributed by atoms with van der Waals surface area (Å²) in [6.07, 6.45) is -5.91. The van der Waals surface area contributed by atoms with Gasteiger partial charge in [0.05, 0.1) is 11.4 Å². The fourth-order valence-corrected chi connectivity index (χ4v) is 1.71. The standard InChI is InChI=1S/C13H15F5N2O/c1-19(2)9-6-5-8(7-10(9)20(3)4)11(21)12(14,15)13(16,17)18/h5-7H,1-4H3. The van der Waals surface area contributed by atoms with Crippen LogP contribution in [-0.2, 0) is 0 Å². The number of hydrogen-bond acceptors (Lipinski definition) is 3. The van der Waals surface area contributed by atoms with Crippen molar-refractivity contribution in [3.63, 3.8) is 0 Å². The second kappa shape index (κ2) is 5.50. The maximum absolute atomic E-state index is 13.1. The molecule has 0 aliphatic rings. The summed E-state index contributed by atoms with van der Waals surface area (Å²) in [7, 11) is 6.57. The highest BCUT2D eigenvalue weighted by molar-refractivity contribution is 6.03. The van der Waals surface area contributed by atoms with Crippen LogP contribution in [0.25, 0.3) is 0 Å². The van der Waals surface area contributed by atoms with Gasteiger partial charge in [0.25, 0.3) is 0 Å². The molecule has 0 spiro atoms. The minimum absolute atomic E-state index is 0.365. The van der Waals surface area contributed by atoms with E-state index in [1.807, 2.05) is 0 Å². The maximum Gasteiger partial charge on any atom is 0.461 e. The molecule has 118 valence electrons. The van der Waals surface area contributed by atoms with E-state index in [0.29, 0.717) is 11.4 Å². The van der Waals surface area contributed by atoms with E-state index in [-0.39, 0.29) is 0 Å². The molecular formula is C13H15F5N2O. The number of ketones is 1. The number of benzene rings is 1. The molecule has 0 radical (unpaired) electrons. The summed E-state index contributed by atoms with van der Waals surface area (Å²) in [5.74, 6) is -7.67. The third-order valence-corrected chi connectivity index (χ3v) is 2.84. The molecule has 0 aliphatic carbocycles. The Hall–Kier alpha value is -1.86. The number of rotatable bonds is 4. The third-order valence-electron chi connectivity index (χ3n) is 2.84. The van der Waals surface area contributed by atoms with Gasteiger partial charge in [-0.1, -0.05) is 0 Å². The van der Waals surface area contributed by atoms with Crippen molar-refractivity contribution < 1.29 is 26.7 Å². The molecule has 0 unspecified atom stereocenters. The van der Waals surface area contributed by atoms with E-state index in [4.69, 9.17) is 0 Å². The molecule has 0 saturated carbocycles. The van der Waals surface area contributed by atoms with Crippen molar-refractivity contribution in [2.45, 2.75) is 12.1 Å². The van der Waals surface area contributed by atoms with Gasteiger partial charge in [-0.2, -0.15) is 22.0 Å². The van der Waals surface area contributed by atoms with Crippen molar-refractivity contribution in [1.82, 2.24) is 0 Å². The fraction of sp³-hybridized carbons (Fsp3) is 0.462. The van der Waals surface area contributed by atoms with E-state index in [0.717, 1.165) is 12.1 Å². The normalized spacial score (nSPS) is 12.2. The van der Waals surface area contributed by atoms with Gasteiger partial charge in [-0.05, 0) is 18.2 Å². The molecule has 1 rings (SSSR count). The monoisotopic (exact) mass is 310 g/mol. The molecule has 0 heterocycles. The predicted molar refractivity (Wildman–Crippen MR) is 70.4 cm³/mol. The maximum atomic E-state index is 13.1. The lowest BCUT2D eigenvalue weighted by atomic mass is 10.0. The van der Waals surface area contributed by atoms with Gasteiger partial charge >= 0.3 is 12.1 Å². The third kappa shape index (κ3) is 3.25. The van der Waals surface area contributed by atoms with Crippen LogP contribution in [0.3, 0.4) is 0 Å². The zero-order valence-electron chi connectivity index (χ0n) is 11.9. The van der Waals surface area contributed by atoms with E-state index >= 15 is 0 Å². The number of alkyl halides is 5. The van der Waals surface area contributed by atoms with Gasteiger partial charge in [0, 0.05) is 33.8 Å². The Labute approximate surface area is 118 Å². The van der Waals surface area contributed by atoms with Crippen LogP contribution < -0.4 is 9.80 Å². The summed E-state index contributed by atoms with van der Waals surface area (Å²) in [6, 6.07) is 3.32. The van der Waals surface area contributed by atoms with Crippen LogP contribution in [0, 0.1) is 0 Å². The predicted octanol–water partition coefficient (Wildman–Crippen LogP) is 3.20. The molecule has 1 aromatic carbocycles. The quantitative estimate of drug-likeness (QED) is 0.630. The van der Waals surface area contributed by atoms with Gasteiger partial charge in [0.2, 0.25) is 5.78 Å². The highest BCUT2D eigenvalue weighted by atomic mass is 19.4. The Bertz CT molecular complexity index is 538. The van der Waals surface area contributed by atoms with Crippen LogP contribution in [0.4, 0.5) is 33.3 Å². The minimum Gasteiger partial charge on any atom is -0.376 e. The number of hydrogen-bond donors (Lipinski definition) is 0. The number of nitrogens with zero attached hydrogens (tertiary/aromatic N) is 2. The Balaban J connectivity index is 3.34. The number of carbonyl (C=O) groups excluding carboxylic acids is 1. The molecular weight excluding hydrogens is 295 g/mol. The summed E-state index contributed by atoms with van der Waals surface area (Å²) < 4.78 is 62.9. The average molecular weight is 310 g/mol. The molecule has 0 amide bonds. The number of carbonyl (C=O) groups is 1. The lowest BCUT2D eigenvalue weighted by Crippen LogP contribution is -2.44. The fourth-order valence-electron chi connectivity index (χ4n) is 1.71. The van der Waals surface area contributed by atoms with E-state index in [1.54, 1.807) is 33.1 Å². The lowest BCUT2D eigenvalue weighted by Gasteiger charge is -2.24. The number of Topliss-reactive ketones (excluding diaryl/α,β-unsaturated/α-hetero) is 1. The molecule has 1 aromatic rings. The van der Waals surface area contributed by atoms with Gasteiger partial charge in [-0.15, -0.1) is 0 Å². The smallest absolute Gasteiger partial charge is 0.376 e. The Morgan fingerprint density at radius 2 is 1.38 bits per heavy atom. The van der Waals surface area contributed by atoms with Crippen LogP contribution in [0.15, 0.2) is 18.2 Å². The first kappa shape index (κ1) is 17.2. The Morgan fingerprint density at radius 3 is 1.76 bits per heavy atom. The molecule has 0 bridgehead atoms. The Kier molecular flexibility index (Phi) is 4.50. The van der Waals surface area contributed by atoms with E-state index < -0.39 is 23.4 Å². The van der Waals surface area contributed by atoms with Crippen molar-refractivity contribution in [2.24, 2.45) is 0 Å². The van der Waals surface area contributed by atoms with Gasteiger partial charge in [0.15, 0.2) is 0 Å². The molecule has 0 aliphatic heterocycles. The van der Waals surface area contributed by atoms with Crippen LogP contribution in [0.2, 0.25) is 0 Å². The first-order chi connectivity index (χ1) is 9.39. The van der Waals surface area contributed by atoms with Gasteiger partial charge in [-0.25, -0.2) is 0 Å². The molecule has 8 heteroatoms. The zero-order valence-corrected chi connectivity index (χ0v) is 11.9. The number of anilines is 2. The largest absolute Gasteiger partial charge is 0.461 e. The lowest BCUT2D eigenvalue weighted by molar-refractivity contribution is -0.255. The highest BCUT2D eigenvalue weighted by Crippen LogP contribution is 2.39. The van der Waals surface area contributed by atoms with Crippen molar-refractivity contribution in [2.75, 3.05) is 38.0 Å². The second-order valence-electron chi connectivity index (χ2n) is 4.89. The summed E-state index contributed by atoms with van der Waals surface area (Å²) in [4.78, 5) is 14.7. The van der Waals surface area contributed by atoms with Crippen molar-refractivity contribution in [3.8, 4) is 0 Å². The zero-order chi connectivity index (χ0) is 16.6. The molecule has 0 saturated heterocycles. The highest BCUT2D eigenvalue weighted by Gasteiger charge is 2.63. The SMILES string of the molecule is CN(C)c1ccc(C(=O)C(F)(F)C(F)(F)F)cc1N(C)C. The van der Waals surface area contributed by atoms with Gasteiger partial charge < -0.3 is 9.80 Å². The Morgan fingerprint density at radius 1 is 0.905 bits per heavy atom. The molecule has 0 fully saturated rings. The minimum atomic E-state index is -5.91. The van der Waals surface area contributed by atoms with E-state index in [1.165, 1.54) is 11.0 Å². The molecule has 0 atom stereocenters. The van der Waals surface area contributed by atoms with Crippen LogP contribution in [0.1, 0.15) is 10.4 Å². The van der Waals surface area contributed by atoms with Gasteiger partial charge in [-0.3, -0.25) is 4.79 Å². The first-order valence-corrected chi connectivity index (χ1v) is 5.87. The summed E-state index contributed by atoms with van der Waals surface area (Å²) in [5.41, 5.74) is 0.266. The molecule has 0 N–H and O–H groups in total. The van der Waals surface area contributed by atoms with E-state index in [2.05, 4.69) is 0 Å². The molecule has 3 nitrogen and oxygen atoms in total. The topological polar surface area (TPSA) is 23.6 Å². The average Bonchev–Trinajstić information content (AvgIpc) is 2.35. The second-order valence-corrected chi connectivity index (χ2v) is 4.89. The molecule has 0 aromatic heterocycles. The van der Waals surface area contributed by atoms with Crippen LogP contribution in [0.5, 0.6) is 0 Å². The van der Waals surface area contributed by atoms with Gasteiger partial charge in [0.1, 0.15) is 0 Å². The first-order valence-electron chi connectivity index (χ1n) is 5.87. The summed E-state index contributed by atoms with van der Waals surface area (Å²) in [5, 5.41) is 0. The number of halogens is 5. The van der Waals surface area contributed by atoms with E-state index in [9.17, 15) is 26.7 Å².